The molecule has 118 valence electrons. The van der Waals surface area contributed by atoms with E-state index in [2.05, 4.69) is 20.5 Å². The van der Waals surface area contributed by atoms with Crippen LogP contribution in [0.5, 0.6) is 0 Å². The van der Waals surface area contributed by atoms with Crippen LogP contribution in [0, 0.1) is 6.92 Å². The largest absolute Gasteiger partial charge is 0.301 e. The zero-order chi connectivity index (χ0) is 16.2. The van der Waals surface area contributed by atoms with Crippen molar-refractivity contribution < 1.29 is 4.79 Å². The Morgan fingerprint density at radius 3 is 2.74 bits per heavy atom. The molecule has 3 aromatic rings. The van der Waals surface area contributed by atoms with E-state index >= 15 is 0 Å². The van der Waals surface area contributed by atoms with Crippen molar-refractivity contribution in [2.24, 2.45) is 0 Å². The molecule has 0 aliphatic heterocycles. The Bertz CT molecular complexity index is 800. The number of amides is 1. The van der Waals surface area contributed by atoms with Gasteiger partial charge in [-0.1, -0.05) is 53.4 Å². The van der Waals surface area contributed by atoms with Crippen LogP contribution in [0.25, 0.3) is 11.3 Å². The lowest BCUT2D eigenvalue weighted by atomic mass is 10.2. The van der Waals surface area contributed by atoms with Crippen molar-refractivity contribution in [2.75, 3.05) is 5.32 Å². The Labute approximate surface area is 146 Å². The van der Waals surface area contributed by atoms with E-state index < -0.39 is 0 Å². The number of rotatable bonds is 5. The molecule has 0 bridgehead atoms. The molecule has 1 N–H and O–H groups in total. The number of nitrogens with zero attached hydrogens (tertiary/aromatic N) is 3. The van der Waals surface area contributed by atoms with Gasteiger partial charge in [0.25, 0.3) is 0 Å². The molecule has 23 heavy (non-hydrogen) atoms. The van der Waals surface area contributed by atoms with Gasteiger partial charge in [-0.05, 0) is 13.8 Å². The summed E-state index contributed by atoms with van der Waals surface area (Å²) in [5.41, 5.74) is 1.90. The van der Waals surface area contributed by atoms with E-state index in [0.29, 0.717) is 5.13 Å². The molecule has 0 aliphatic rings. The number of carbonyl (C=O) groups excluding carboxylic acids is 1. The third-order valence-corrected chi connectivity index (χ3v) is 5.74. The van der Waals surface area contributed by atoms with Crippen LogP contribution in [0.3, 0.4) is 0 Å². The van der Waals surface area contributed by atoms with E-state index in [4.69, 9.17) is 0 Å². The van der Waals surface area contributed by atoms with Crippen molar-refractivity contribution in [1.82, 2.24) is 15.2 Å². The molecule has 2 heterocycles. The quantitative estimate of drug-likeness (QED) is 0.693. The second-order valence-corrected chi connectivity index (χ2v) is 8.37. The molecule has 0 saturated carbocycles. The van der Waals surface area contributed by atoms with Crippen LogP contribution in [0.15, 0.2) is 40.1 Å². The Balaban J connectivity index is 1.63. The van der Waals surface area contributed by atoms with Crippen molar-refractivity contribution in [3.63, 3.8) is 0 Å². The minimum Gasteiger partial charge on any atom is -0.301 e. The highest BCUT2D eigenvalue weighted by molar-refractivity contribution is 8.02. The summed E-state index contributed by atoms with van der Waals surface area (Å²) in [5.74, 6) is -0.0863. The first kappa shape index (κ1) is 16.1. The van der Waals surface area contributed by atoms with E-state index in [9.17, 15) is 4.79 Å². The summed E-state index contributed by atoms with van der Waals surface area (Å²) >= 11 is 4.32. The molecule has 1 aromatic carbocycles. The van der Waals surface area contributed by atoms with Crippen LogP contribution in [0.2, 0.25) is 0 Å². The molecule has 0 fully saturated rings. The number of aromatic nitrogens is 3. The van der Waals surface area contributed by atoms with Crippen molar-refractivity contribution in [1.29, 1.82) is 0 Å². The third-order valence-electron chi connectivity index (χ3n) is 2.96. The maximum atomic E-state index is 12.3. The topological polar surface area (TPSA) is 67.8 Å². The Morgan fingerprint density at radius 2 is 2.04 bits per heavy atom. The second kappa shape index (κ2) is 7.20. The lowest BCUT2D eigenvalue weighted by molar-refractivity contribution is -0.115. The number of hydrogen-bond acceptors (Lipinski definition) is 7. The molecule has 0 spiro atoms. The average molecular weight is 363 g/mol. The zero-order valence-electron chi connectivity index (χ0n) is 12.5. The van der Waals surface area contributed by atoms with Gasteiger partial charge >= 0.3 is 0 Å². The fraction of sp³-hybridized carbons (Fsp3) is 0.200. The Kier molecular flexibility index (Phi) is 5.04. The molecular weight excluding hydrogens is 348 g/mol. The zero-order valence-corrected chi connectivity index (χ0v) is 15.0. The highest BCUT2D eigenvalue weighted by Crippen LogP contribution is 2.28. The fourth-order valence-corrected chi connectivity index (χ4v) is 4.49. The van der Waals surface area contributed by atoms with E-state index in [1.165, 1.54) is 34.4 Å². The van der Waals surface area contributed by atoms with E-state index in [0.717, 1.165) is 20.6 Å². The fourth-order valence-electron chi connectivity index (χ4n) is 1.81. The predicted molar refractivity (Wildman–Crippen MR) is 96.1 cm³/mol. The first-order valence-electron chi connectivity index (χ1n) is 6.90. The summed E-state index contributed by atoms with van der Waals surface area (Å²) in [6, 6.07) is 9.89. The lowest BCUT2D eigenvalue weighted by Gasteiger charge is -2.07. The van der Waals surface area contributed by atoms with Gasteiger partial charge in [-0.25, -0.2) is 4.98 Å². The molecule has 2 aromatic heterocycles. The minimum absolute atomic E-state index is 0.0863. The predicted octanol–water partition coefficient (Wildman–Crippen LogP) is 4.09. The Morgan fingerprint density at radius 1 is 1.26 bits per heavy atom. The highest BCUT2D eigenvalue weighted by atomic mass is 32.2. The number of nitrogens with one attached hydrogen (secondary N) is 1. The van der Waals surface area contributed by atoms with Gasteiger partial charge in [0.2, 0.25) is 5.91 Å². The normalized spacial score (nSPS) is 12.1. The number of aryl methyl sites for hydroxylation is 1. The molecule has 8 heteroatoms. The molecule has 0 aliphatic carbocycles. The number of carbonyl (C=O) groups is 1. The van der Waals surface area contributed by atoms with Gasteiger partial charge in [0.1, 0.15) is 5.01 Å². The SMILES string of the molecule is Cc1nnc(S[C@H](C)C(=O)Nc2nc(-c3ccccc3)cs2)s1. The minimum atomic E-state index is -0.258. The molecular formula is C15H14N4OS3. The van der Waals surface area contributed by atoms with Gasteiger partial charge in [-0.2, -0.15) is 0 Å². The number of thiazole rings is 1. The average Bonchev–Trinajstić information content (AvgIpc) is 3.17. The van der Waals surface area contributed by atoms with Gasteiger partial charge in [0.05, 0.1) is 10.9 Å². The van der Waals surface area contributed by atoms with Gasteiger partial charge in [-0.3, -0.25) is 4.79 Å². The Hall–Kier alpha value is -1.77. The lowest BCUT2D eigenvalue weighted by Crippen LogP contribution is -2.22. The van der Waals surface area contributed by atoms with Crippen LogP contribution in [0.4, 0.5) is 5.13 Å². The molecule has 1 amide bonds. The standard InChI is InChI=1S/C15H14N4OS3/c1-9(22-15-19-18-10(2)23-15)13(20)17-14-16-12(8-21-14)11-6-4-3-5-7-11/h3-9H,1-2H3,(H,16,17,20)/t9-/m1/s1. The van der Waals surface area contributed by atoms with E-state index in [-0.39, 0.29) is 11.2 Å². The number of anilines is 1. The summed E-state index contributed by atoms with van der Waals surface area (Å²) < 4.78 is 0.800. The summed E-state index contributed by atoms with van der Waals surface area (Å²) in [7, 11) is 0. The summed E-state index contributed by atoms with van der Waals surface area (Å²) in [6.07, 6.45) is 0. The molecule has 5 nitrogen and oxygen atoms in total. The van der Waals surface area contributed by atoms with Crippen LogP contribution < -0.4 is 5.32 Å². The van der Waals surface area contributed by atoms with E-state index in [1.54, 1.807) is 0 Å². The summed E-state index contributed by atoms with van der Waals surface area (Å²) in [6.45, 7) is 3.75. The first-order chi connectivity index (χ1) is 11.1. The molecule has 0 saturated heterocycles. The van der Waals surface area contributed by atoms with Crippen LogP contribution in [-0.2, 0) is 4.79 Å². The van der Waals surface area contributed by atoms with Crippen LogP contribution in [0.1, 0.15) is 11.9 Å². The molecule has 3 rings (SSSR count). The molecule has 1 atom stereocenters. The van der Waals surface area contributed by atoms with Crippen LogP contribution >= 0.6 is 34.4 Å². The van der Waals surface area contributed by atoms with Crippen molar-refractivity contribution in [3.05, 3.63) is 40.7 Å². The van der Waals surface area contributed by atoms with Gasteiger partial charge < -0.3 is 5.32 Å². The second-order valence-electron chi connectivity index (χ2n) is 4.74. The maximum absolute atomic E-state index is 12.3. The number of thioether (sulfide) groups is 1. The van der Waals surface area contributed by atoms with Gasteiger partial charge in [0, 0.05) is 10.9 Å². The van der Waals surface area contributed by atoms with Crippen molar-refractivity contribution in [3.8, 4) is 11.3 Å². The maximum Gasteiger partial charge on any atom is 0.239 e. The monoisotopic (exact) mass is 362 g/mol. The van der Waals surface area contributed by atoms with E-state index in [1.807, 2.05) is 49.6 Å². The summed E-state index contributed by atoms with van der Waals surface area (Å²) in [4.78, 5) is 16.7. The highest BCUT2D eigenvalue weighted by Gasteiger charge is 2.18. The number of hydrogen-bond donors (Lipinski definition) is 1. The van der Waals surface area contributed by atoms with Crippen molar-refractivity contribution in [2.45, 2.75) is 23.4 Å². The first-order valence-corrected chi connectivity index (χ1v) is 9.48. The third kappa shape index (κ3) is 4.15. The molecule has 0 radical (unpaired) electrons. The number of benzene rings is 1. The van der Waals surface area contributed by atoms with Gasteiger partial charge in [0.15, 0.2) is 9.47 Å². The van der Waals surface area contributed by atoms with Crippen molar-refractivity contribution >= 4 is 45.5 Å². The summed E-state index contributed by atoms with van der Waals surface area (Å²) in [5, 5.41) is 14.0. The smallest absolute Gasteiger partial charge is 0.239 e. The van der Waals surface area contributed by atoms with Gasteiger partial charge in [-0.15, -0.1) is 21.5 Å². The molecule has 0 unspecified atom stereocenters. The van der Waals surface area contributed by atoms with Crippen LogP contribution in [-0.4, -0.2) is 26.3 Å².